The first kappa shape index (κ1) is 16.3. The highest BCUT2D eigenvalue weighted by Gasteiger charge is 2.20. The number of methoxy groups -OCH3 is 1. The standard InChI is InChI=1S/C16H19N3O2S/c1-5-10-19-12(3)17-18-16(19)22-11(2)15(20)13-6-8-14(21-4)9-7-13/h5-9,11H,1,10H2,2-4H3. The summed E-state index contributed by atoms with van der Waals surface area (Å²) in [5, 5.41) is 8.67. The molecule has 0 aliphatic rings. The fraction of sp³-hybridized carbons (Fsp3) is 0.312. The molecule has 1 heterocycles. The number of ketones is 1. The Morgan fingerprint density at radius 2 is 2.09 bits per heavy atom. The lowest BCUT2D eigenvalue weighted by molar-refractivity contribution is 0.0994. The Balaban J connectivity index is 2.12. The third-order valence-corrected chi connectivity index (χ3v) is 4.32. The fourth-order valence-corrected chi connectivity index (χ4v) is 2.97. The van der Waals surface area contributed by atoms with Crippen molar-refractivity contribution in [2.45, 2.75) is 30.8 Å². The van der Waals surface area contributed by atoms with Gasteiger partial charge >= 0.3 is 0 Å². The van der Waals surface area contributed by atoms with Gasteiger partial charge in [0.05, 0.1) is 12.4 Å². The van der Waals surface area contributed by atoms with E-state index in [1.165, 1.54) is 11.8 Å². The van der Waals surface area contributed by atoms with Gasteiger partial charge in [-0.25, -0.2) is 0 Å². The van der Waals surface area contributed by atoms with E-state index in [4.69, 9.17) is 4.74 Å². The first-order valence-corrected chi connectivity index (χ1v) is 7.80. The minimum atomic E-state index is -0.249. The van der Waals surface area contributed by atoms with E-state index in [2.05, 4.69) is 16.8 Å². The Morgan fingerprint density at radius 1 is 1.41 bits per heavy atom. The molecule has 0 radical (unpaired) electrons. The van der Waals surface area contributed by atoms with Crippen LogP contribution in [-0.4, -0.2) is 32.9 Å². The Labute approximate surface area is 134 Å². The normalized spacial score (nSPS) is 12.0. The molecule has 0 aliphatic heterocycles. The minimum Gasteiger partial charge on any atom is -0.497 e. The molecule has 0 saturated carbocycles. The summed E-state index contributed by atoms with van der Waals surface area (Å²) in [6, 6.07) is 7.12. The predicted molar refractivity (Wildman–Crippen MR) is 87.6 cm³/mol. The van der Waals surface area contributed by atoms with E-state index >= 15 is 0 Å². The molecule has 22 heavy (non-hydrogen) atoms. The average Bonchev–Trinajstić information content (AvgIpc) is 2.88. The second kappa shape index (κ2) is 7.26. The van der Waals surface area contributed by atoms with Crippen molar-refractivity contribution < 1.29 is 9.53 Å². The number of allylic oxidation sites excluding steroid dienone is 1. The summed E-state index contributed by atoms with van der Waals surface area (Å²) in [5.41, 5.74) is 0.660. The minimum absolute atomic E-state index is 0.0541. The number of aromatic nitrogens is 3. The monoisotopic (exact) mass is 317 g/mol. The first-order valence-electron chi connectivity index (χ1n) is 6.92. The third-order valence-electron chi connectivity index (χ3n) is 3.24. The van der Waals surface area contributed by atoms with Crippen molar-refractivity contribution in [2.24, 2.45) is 0 Å². The van der Waals surface area contributed by atoms with Crippen LogP contribution < -0.4 is 4.74 Å². The van der Waals surface area contributed by atoms with E-state index in [-0.39, 0.29) is 11.0 Å². The fourth-order valence-electron chi connectivity index (χ4n) is 1.99. The molecular formula is C16H19N3O2S. The smallest absolute Gasteiger partial charge is 0.192 e. The van der Waals surface area contributed by atoms with E-state index in [1.54, 1.807) is 37.5 Å². The van der Waals surface area contributed by atoms with Gasteiger partial charge in [-0.15, -0.1) is 16.8 Å². The van der Waals surface area contributed by atoms with Gasteiger partial charge in [-0.1, -0.05) is 17.8 Å². The topological polar surface area (TPSA) is 57.0 Å². The maximum Gasteiger partial charge on any atom is 0.192 e. The van der Waals surface area contributed by atoms with Crippen LogP contribution in [0.15, 0.2) is 42.1 Å². The number of nitrogens with zero attached hydrogens (tertiary/aromatic N) is 3. The Hall–Kier alpha value is -2.08. The molecule has 0 aliphatic carbocycles. The molecule has 1 unspecified atom stereocenters. The molecule has 0 fully saturated rings. The highest BCUT2D eigenvalue weighted by Crippen LogP contribution is 2.25. The van der Waals surface area contributed by atoms with Crippen molar-refractivity contribution in [3.05, 3.63) is 48.3 Å². The summed E-state index contributed by atoms with van der Waals surface area (Å²) in [6.45, 7) is 8.12. The first-order chi connectivity index (χ1) is 10.6. The summed E-state index contributed by atoms with van der Waals surface area (Å²) >= 11 is 1.40. The molecule has 1 aromatic carbocycles. The molecule has 6 heteroatoms. The van der Waals surface area contributed by atoms with E-state index in [0.29, 0.717) is 12.1 Å². The number of Topliss-reactive ketones (excluding diaryl/α,β-unsaturated/α-hetero) is 1. The van der Waals surface area contributed by atoms with Gasteiger partial charge in [0, 0.05) is 12.1 Å². The van der Waals surface area contributed by atoms with Gasteiger partial charge in [0.2, 0.25) is 0 Å². The Morgan fingerprint density at radius 3 is 2.68 bits per heavy atom. The summed E-state index contributed by atoms with van der Waals surface area (Å²) in [7, 11) is 1.60. The lowest BCUT2D eigenvalue weighted by Crippen LogP contribution is -2.14. The number of benzene rings is 1. The number of carbonyl (C=O) groups is 1. The van der Waals surface area contributed by atoms with Crippen molar-refractivity contribution in [3.8, 4) is 5.75 Å². The molecule has 0 N–H and O–H groups in total. The zero-order valence-electron chi connectivity index (χ0n) is 12.9. The van der Waals surface area contributed by atoms with Gasteiger partial charge in [0.25, 0.3) is 0 Å². The summed E-state index contributed by atoms with van der Waals surface area (Å²) < 4.78 is 7.04. The molecule has 5 nitrogen and oxygen atoms in total. The molecule has 0 amide bonds. The van der Waals surface area contributed by atoms with Crippen molar-refractivity contribution in [2.75, 3.05) is 7.11 Å². The van der Waals surface area contributed by atoms with E-state index in [9.17, 15) is 4.79 Å². The number of ether oxygens (including phenoxy) is 1. The molecule has 1 atom stereocenters. The quantitative estimate of drug-likeness (QED) is 0.446. The van der Waals surface area contributed by atoms with Crippen molar-refractivity contribution in [1.29, 1.82) is 0 Å². The van der Waals surface area contributed by atoms with Gasteiger partial charge in [-0.3, -0.25) is 4.79 Å². The average molecular weight is 317 g/mol. The van der Waals surface area contributed by atoms with Crippen LogP contribution in [0.3, 0.4) is 0 Å². The van der Waals surface area contributed by atoms with Crippen LogP contribution in [0.2, 0.25) is 0 Å². The lowest BCUT2D eigenvalue weighted by Gasteiger charge is -2.11. The van der Waals surface area contributed by atoms with Gasteiger partial charge in [0.1, 0.15) is 11.6 Å². The van der Waals surface area contributed by atoms with Gasteiger partial charge in [-0.2, -0.15) is 0 Å². The lowest BCUT2D eigenvalue weighted by atomic mass is 10.1. The SMILES string of the molecule is C=CCn1c(C)nnc1SC(C)C(=O)c1ccc(OC)cc1. The van der Waals surface area contributed by atoms with Gasteiger partial charge in [-0.05, 0) is 38.1 Å². The van der Waals surface area contributed by atoms with Crippen LogP contribution in [0.1, 0.15) is 23.1 Å². The maximum atomic E-state index is 12.5. The number of rotatable bonds is 7. The Kier molecular flexibility index (Phi) is 5.38. The predicted octanol–water partition coefficient (Wildman–Crippen LogP) is 3.14. The van der Waals surface area contributed by atoms with E-state index < -0.39 is 0 Å². The molecule has 0 saturated heterocycles. The number of carbonyl (C=O) groups excluding carboxylic acids is 1. The third kappa shape index (κ3) is 3.57. The summed E-state index contributed by atoms with van der Waals surface area (Å²) in [6.07, 6.45) is 1.79. The summed E-state index contributed by atoms with van der Waals surface area (Å²) in [5.74, 6) is 1.60. The maximum absolute atomic E-state index is 12.5. The number of aryl methyl sites for hydroxylation is 1. The zero-order valence-corrected chi connectivity index (χ0v) is 13.8. The van der Waals surface area contributed by atoms with Crippen molar-refractivity contribution in [3.63, 3.8) is 0 Å². The van der Waals surface area contributed by atoms with Crippen molar-refractivity contribution in [1.82, 2.24) is 14.8 Å². The van der Waals surface area contributed by atoms with Crippen molar-refractivity contribution >= 4 is 17.5 Å². The van der Waals surface area contributed by atoms with Crippen LogP contribution in [-0.2, 0) is 6.54 Å². The molecule has 0 spiro atoms. The number of hydrogen-bond donors (Lipinski definition) is 0. The van der Waals surface area contributed by atoms with Crippen LogP contribution in [0.25, 0.3) is 0 Å². The van der Waals surface area contributed by atoms with Gasteiger partial charge < -0.3 is 9.30 Å². The zero-order chi connectivity index (χ0) is 16.1. The largest absolute Gasteiger partial charge is 0.497 e. The van der Waals surface area contributed by atoms with E-state index in [1.807, 2.05) is 18.4 Å². The Bertz CT molecular complexity index is 665. The number of hydrogen-bond acceptors (Lipinski definition) is 5. The molecular weight excluding hydrogens is 298 g/mol. The molecule has 2 aromatic rings. The molecule has 0 bridgehead atoms. The highest BCUT2D eigenvalue weighted by atomic mass is 32.2. The van der Waals surface area contributed by atoms with Gasteiger partial charge in [0.15, 0.2) is 10.9 Å². The summed E-state index contributed by atoms with van der Waals surface area (Å²) in [4.78, 5) is 12.5. The molecule has 1 aromatic heterocycles. The van der Waals surface area contributed by atoms with E-state index in [0.717, 1.165) is 16.7 Å². The highest BCUT2D eigenvalue weighted by molar-refractivity contribution is 8.00. The van der Waals surface area contributed by atoms with Crippen LogP contribution in [0.5, 0.6) is 5.75 Å². The second-order valence-corrected chi connectivity index (χ2v) is 6.09. The van der Waals surface area contributed by atoms with Crippen LogP contribution in [0, 0.1) is 6.92 Å². The molecule has 116 valence electrons. The van der Waals surface area contributed by atoms with Crippen LogP contribution >= 0.6 is 11.8 Å². The molecule has 2 rings (SSSR count). The van der Waals surface area contributed by atoms with Crippen LogP contribution in [0.4, 0.5) is 0 Å². The number of thioether (sulfide) groups is 1. The second-order valence-electron chi connectivity index (χ2n) is 4.78.